The lowest BCUT2D eigenvalue weighted by molar-refractivity contribution is 0.0696. The van der Waals surface area contributed by atoms with Crippen molar-refractivity contribution in [3.8, 4) is 5.75 Å². The van der Waals surface area contributed by atoms with Crippen LogP contribution in [0, 0.1) is 0 Å². The van der Waals surface area contributed by atoms with Gasteiger partial charge in [0, 0.05) is 18.2 Å². The summed E-state index contributed by atoms with van der Waals surface area (Å²) in [5.41, 5.74) is 1.44. The highest BCUT2D eigenvalue weighted by molar-refractivity contribution is 5.87. The third kappa shape index (κ3) is 2.07. The van der Waals surface area contributed by atoms with E-state index in [1.54, 1.807) is 28.7 Å². The van der Waals surface area contributed by atoms with Crippen molar-refractivity contribution in [1.29, 1.82) is 0 Å². The lowest BCUT2D eigenvalue weighted by Gasteiger charge is -2.03. The number of hydrogen-bond donors (Lipinski definition) is 2. The summed E-state index contributed by atoms with van der Waals surface area (Å²) in [5, 5.41) is 26.8. The van der Waals surface area contributed by atoms with Crippen LogP contribution in [-0.2, 0) is 6.42 Å². The normalized spacial score (nSPS) is 10.8. The molecule has 0 amide bonds. The molecule has 6 nitrogen and oxygen atoms in total. The molecule has 100 valence electrons. The molecular formula is C14H11N3O3. The molecule has 2 heterocycles. The average molecular weight is 269 g/mol. The summed E-state index contributed by atoms with van der Waals surface area (Å²) in [6, 6.07) is 10.0. The van der Waals surface area contributed by atoms with Gasteiger partial charge in [-0.1, -0.05) is 18.2 Å². The van der Waals surface area contributed by atoms with Crippen molar-refractivity contribution in [2.24, 2.45) is 0 Å². The van der Waals surface area contributed by atoms with E-state index in [-0.39, 0.29) is 11.3 Å². The van der Waals surface area contributed by atoms with Gasteiger partial charge in [-0.2, -0.15) is 0 Å². The number of aromatic carboxylic acids is 1. The van der Waals surface area contributed by atoms with Gasteiger partial charge in [-0.25, -0.2) is 4.79 Å². The Bertz CT molecular complexity index is 795. The predicted molar refractivity (Wildman–Crippen MR) is 70.9 cm³/mol. The van der Waals surface area contributed by atoms with Crippen molar-refractivity contribution in [3.63, 3.8) is 0 Å². The number of aromatic hydroxyl groups is 1. The van der Waals surface area contributed by atoms with Crippen LogP contribution in [0.4, 0.5) is 0 Å². The number of carbonyl (C=O) groups is 1. The second-order valence-electron chi connectivity index (χ2n) is 4.37. The summed E-state index contributed by atoms with van der Waals surface area (Å²) >= 11 is 0. The monoisotopic (exact) mass is 269 g/mol. The number of benzene rings is 1. The van der Waals surface area contributed by atoms with Crippen molar-refractivity contribution in [2.75, 3.05) is 0 Å². The van der Waals surface area contributed by atoms with Gasteiger partial charge in [0.15, 0.2) is 5.65 Å². The minimum atomic E-state index is -1.01. The Morgan fingerprint density at radius 1 is 1.15 bits per heavy atom. The Kier molecular flexibility index (Phi) is 2.83. The summed E-state index contributed by atoms with van der Waals surface area (Å²) in [6.45, 7) is 0. The number of phenolic OH excluding ortho intramolecular Hbond substituents is 1. The number of rotatable bonds is 3. The van der Waals surface area contributed by atoms with Gasteiger partial charge in [0.25, 0.3) is 0 Å². The third-order valence-electron chi connectivity index (χ3n) is 3.06. The first-order valence-corrected chi connectivity index (χ1v) is 5.99. The number of para-hydroxylation sites is 1. The number of carboxylic acids is 1. The van der Waals surface area contributed by atoms with Crippen LogP contribution in [0.5, 0.6) is 5.75 Å². The molecule has 0 aliphatic heterocycles. The first kappa shape index (κ1) is 12.2. The van der Waals surface area contributed by atoms with Gasteiger partial charge in [-0.05, 0) is 18.2 Å². The van der Waals surface area contributed by atoms with E-state index in [4.69, 9.17) is 5.11 Å². The van der Waals surface area contributed by atoms with Crippen LogP contribution >= 0.6 is 0 Å². The molecule has 0 aliphatic carbocycles. The molecule has 2 aromatic heterocycles. The summed E-state index contributed by atoms with van der Waals surface area (Å²) in [4.78, 5) is 11.0. The Labute approximate surface area is 113 Å². The van der Waals surface area contributed by atoms with E-state index in [0.717, 1.165) is 0 Å². The highest BCUT2D eigenvalue weighted by Crippen LogP contribution is 2.19. The van der Waals surface area contributed by atoms with E-state index in [1.807, 2.05) is 6.07 Å². The molecule has 0 bridgehead atoms. The fourth-order valence-electron chi connectivity index (χ4n) is 2.02. The Hall–Kier alpha value is -2.89. The van der Waals surface area contributed by atoms with Gasteiger partial charge in [0.2, 0.25) is 0 Å². The van der Waals surface area contributed by atoms with Crippen LogP contribution in [0.25, 0.3) is 5.65 Å². The maximum atomic E-state index is 11.0. The molecule has 3 aromatic rings. The molecule has 0 atom stereocenters. The Balaban J connectivity index is 2.06. The van der Waals surface area contributed by atoms with Gasteiger partial charge in [0.1, 0.15) is 11.6 Å². The van der Waals surface area contributed by atoms with Crippen molar-refractivity contribution in [2.45, 2.75) is 6.42 Å². The zero-order chi connectivity index (χ0) is 14.1. The van der Waals surface area contributed by atoms with E-state index in [9.17, 15) is 9.90 Å². The topological polar surface area (TPSA) is 87.7 Å². The van der Waals surface area contributed by atoms with Gasteiger partial charge in [0.05, 0.1) is 5.56 Å². The van der Waals surface area contributed by atoms with E-state index >= 15 is 0 Å². The molecule has 2 N–H and O–H groups in total. The quantitative estimate of drug-likeness (QED) is 0.756. The summed E-state index contributed by atoms with van der Waals surface area (Å²) in [6.07, 6.45) is 1.85. The van der Waals surface area contributed by atoms with E-state index in [1.165, 1.54) is 12.3 Å². The van der Waals surface area contributed by atoms with E-state index in [0.29, 0.717) is 23.5 Å². The second-order valence-corrected chi connectivity index (χ2v) is 4.37. The predicted octanol–water partition coefficient (Wildman–Crippen LogP) is 1.72. The van der Waals surface area contributed by atoms with Crippen LogP contribution in [0.2, 0.25) is 0 Å². The molecular weight excluding hydrogens is 258 g/mol. The van der Waals surface area contributed by atoms with Crippen LogP contribution in [-0.4, -0.2) is 30.8 Å². The fraction of sp³-hybridized carbons (Fsp3) is 0.0714. The van der Waals surface area contributed by atoms with Crippen LogP contribution in [0.1, 0.15) is 21.7 Å². The largest absolute Gasteiger partial charge is 0.508 e. The lowest BCUT2D eigenvalue weighted by atomic mass is 10.1. The number of carboxylic acid groups (broad SMARTS) is 1. The minimum absolute atomic E-state index is 0.163. The van der Waals surface area contributed by atoms with Crippen molar-refractivity contribution in [1.82, 2.24) is 14.6 Å². The molecule has 0 radical (unpaired) electrons. The average Bonchev–Trinajstić information content (AvgIpc) is 2.84. The zero-order valence-electron chi connectivity index (χ0n) is 10.4. The highest BCUT2D eigenvalue weighted by atomic mass is 16.4. The van der Waals surface area contributed by atoms with Gasteiger partial charge in [-0.15, -0.1) is 10.2 Å². The summed E-state index contributed by atoms with van der Waals surface area (Å²) < 4.78 is 1.62. The van der Waals surface area contributed by atoms with Gasteiger partial charge < -0.3 is 10.2 Å². The van der Waals surface area contributed by atoms with Crippen molar-refractivity contribution < 1.29 is 15.0 Å². The highest BCUT2D eigenvalue weighted by Gasteiger charge is 2.11. The van der Waals surface area contributed by atoms with E-state index in [2.05, 4.69) is 10.2 Å². The Morgan fingerprint density at radius 3 is 2.70 bits per heavy atom. The molecule has 0 fully saturated rings. The van der Waals surface area contributed by atoms with Gasteiger partial charge in [-0.3, -0.25) is 4.40 Å². The van der Waals surface area contributed by atoms with Gasteiger partial charge >= 0.3 is 5.97 Å². The summed E-state index contributed by atoms with van der Waals surface area (Å²) in [7, 11) is 0. The van der Waals surface area contributed by atoms with Crippen molar-refractivity contribution >= 4 is 11.6 Å². The number of pyridine rings is 1. The second kappa shape index (κ2) is 4.65. The molecule has 1 aromatic carbocycles. The standard InChI is InChI=1S/C14H11N3O3/c18-11-4-2-1-3-9(11)7-13-16-15-12-6-5-10(14(19)20)8-17(12)13/h1-6,8,18H,7H2,(H,19,20). The lowest BCUT2D eigenvalue weighted by Crippen LogP contribution is -2.01. The first-order chi connectivity index (χ1) is 9.65. The zero-order valence-corrected chi connectivity index (χ0v) is 10.4. The maximum Gasteiger partial charge on any atom is 0.337 e. The van der Waals surface area contributed by atoms with Crippen LogP contribution in [0.15, 0.2) is 42.6 Å². The van der Waals surface area contributed by atoms with Crippen molar-refractivity contribution in [3.05, 3.63) is 59.5 Å². The number of nitrogens with zero attached hydrogens (tertiary/aromatic N) is 3. The van der Waals surface area contributed by atoms with E-state index < -0.39 is 5.97 Å². The molecule has 0 saturated carbocycles. The maximum absolute atomic E-state index is 11.0. The molecule has 0 aliphatic rings. The molecule has 0 saturated heterocycles. The van der Waals surface area contributed by atoms with Crippen LogP contribution in [0.3, 0.4) is 0 Å². The molecule has 0 spiro atoms. The number of aromatic nitrogens is 3. The molecule has 6 heteroatoms. The summed E-state index contributed by atoms with van der Waals surface area (Å²) in [5.74, 6) is -0.252. The fourth-order valence-corrected chi connectivity index (χ4v) is 2.02. The van der Waals surface area contributed by atoms with Crippen LogP contribution < -0.4 is 0 Å². The molecule has 20 heavy (non-hydrogen) atoms. The number of phenols is 1. The number of fused-ring (bicyclic) bond motifs is 1. The minimum Gasteiger partial charge on any atom is -0.508 e. The first-order valence-electron chi connectivity index (χ1n) is 5.99. The molecule has 3 rings (SSSR count). The smallest absolute Gasteiger partial charge is 0.337 e. The number of hydrogen-bond acceptors (Lipinski definition) is 4. The SMILES string of the molecule is O=C(O)c1ccc2nnc(Cc3ccccc3O)n2c1. The third-order valence-corrected chi connectivity index (χ3v) is 3.06. The molecule has 0 unspecified atom stereocenters. The Morgan fingerprint density at radius 2 is 1.95 bits per heavy atom.